The number of carbonyl (C=O) groups excluding carboxylic acids is 1. The molecule has 1 saturated heterocycles. The molecular weight excluding hydrogens is 360 g/mol. The number of ether oxygens (including phenoxy) is 1. The molecule has 1 N–H and O–H groups in total. The van der Waals surface area contributed by atoms with Crippen LogP contribution in [0.15, 0.2) is 42.5 Å². The van der Waals surface area contributed by atoms with E-state index in [-0.39, 0.29) is 5.91 Å². The van der Waals surface area contributed by atoms with Gasteiger partial charge in [0, 0.05) is 26.2 Å². The number of amides is 1. The summed E-state index contributed by atoms with van der Waals surface area (Å²) in [5, 5.41) is 3.06. The summed E-state index contributed by atoms with van der Waals surface area (Å²) >= 11 is 0. The van der Waals surface area contributed by atoms with Gasteiger partial charge in [-0.05, 0) is 60.9 Å². The second kappa shape index (κ2) is 9.10. The highest BCUT2D eigenvalue weighted by Crippen LogP contribution is 2.23. The van der Waals surface area contributed by atoms with Gasteiger partial charge in [0.2, 0.25) is 5.91 Å². The predicted molar refractivity (Wildman–Crippen MR) is 116 cm³/mol. The first-order chi connectivity index (χ1) is 14.0. The minimum absolute atomic E-state index is 0.0864. The fourth-order valence-electron chi connectivity index (χ4n) is 4.62. The van der Waals surface area contributed by atoms with Gasteiger partial charge in [0.1, 0.15) is 0 Å². The molecule has 4 rings (SSSR count). The zero-order valence-corrected chi connectivity index (χ0v) is 17.6. The molecule has 1 fully saturated rings. The van der Waals surface area contributed by atoms with E-state index in [2.05, 4.69) is 66.5 Å². The molecule has 29 heavy (non-hydrogen) atoms. The van der Waals surface area contributed by atoms with E-state index in [1.54, 1.807) is 0 Å². The van der Waals surface area contributed by atoms with Gasteiger partial charge >= 0.3 is 0 Å². The molecule has 2 aromatic carbocycles. The largest absolute Gasteiger partial charge is 0.373 e. The normalized spacial score (nSPS) is 21.7. The molecule has 2 atom stereocenters. The Kier molecular flexibility index (Phi) is 6.31. The fraction of sp³-hybridized carbons (Fsp3) is 0.480. The Labute approximate surface area is 174 Å². The summed E-state index contributed by atoms with van der Waals surface area (Å²) in [5.74, 6) is 0.0864. The zero-order valence-electron chi connectivity index (χ0n) is 17.6. The third-order valence-electron chi connectivity index (χ3n) is 5.94. The van der Waals surface area contributed by atoms with Gasteiger partial charge in [-0.15, -0.1) is 0 Å². The molecule has 2 aliphatic rings. The van der Waals surface area contributed by atoms with Crippen molar-refractivity contribution < 1.29 is 9.53 Å². The number of morpholine rings is 1. The lowest BCUT2D eigenvalue weighted by atomic mass is 10.0. The Balaban J connectivity index is 1.25. The summed E-state index contributed by atoms with van der Waals surface area (Å²) in [6, 6.07) is 15.1. The van der Waals surface area contributed by atoms with Crippen LogP contribution in [-0.4, -0.2) is 36.1 Å². The van der Waals surface area contributed by atoms with Crippen molar-refractivity contribution in [1.29, 1.82) is 0 Å². The molecule has 2 unspecified atom stereocenters. The van der Waals surface area contributed by atoms with Gasteiger partial charge in [-0.1, -0.05) is 42.5 Å². The molecule has 4 heteroatoms. The van der Waals surface area contributed by atoms with Crippen LogP contribution in [0, 0.1) is 0 Å². The van der Waals surface area contributed by atoms with E-state index in [9.17, 15) is 4.79 Å². The van der Waals surface area contributed by atoms with Crippen LogP contribution in [0.25, 0.3) is 0 Å². The van der Waals surface area contributed by atoms with Crippen molar-refractivity contribution in [3.8, 4) is 0 Å². The highest BCUT2D eigenvalue weighted by atomic mass is 16.5. The number of carbonyl (C=O) groups is 1. The number of hydrogen-bond donors (Lipinski definition) is 1. The van der Waals surface area contributed by atoms with Crippen LogP contribution in [0.2, 0.25) is 0 Å². The Bertz CT molecular complexity index is 836. The number of rotatable bonds is 6. The molecule has 2 aromatic rings. The highest BCUT2D eigenvalue weighted by Gasteiger charge is 2.22. The van der Waals surface area contributed by atoms with Crippen molar-refractivity contribution in [1.82, 2.24) is 10.2 Å². The van der Waals surface area contributed by atoms with E-state index in [4.69, 9.17) is 4.74 Å². The Hall–Kier alpha value is -2.17. The Morgan fingerprint density at radius 2 is 1.62 bits per heavy atom. The average Bonchev–Trinajstić information content (AvgIpc) is 3.14. The highest BCUT2D eigenvalue weighted by molar-refractivity contribution is 5.78. The zero-order chi connectivity index (χ0) is 20.2. The molecule has 4 nitrogen and oxygen atoms in total. The summed E-state index contributed by atoms with van der Waals surface area (Å²) in [6.45, 7) is 7.75. The minimum Gasteiger partial charge on any atom is -0.373 e. The molecular formula is C25H32N2O2. The first-order valence-electron chi connectivity index (χ1n) is 10.9. The van der Waals surface area contributed by atoms with Crippen molar-refractivity contribution in [3.05, 3.63) is 70.3 Å². The first-order valence-corrected chi connectivity index (χ1v) is 10.9. The van der Waals surface area contributed by atoms with Crippen molar-refractivity contribution in [2.24, 2.45) is 0 Å². The summed E-state index contributed by atoms with van der Waals surface area (Å²) in [5.41, 5.74) is 6.44. The molecule has 1 aliphatic carbocycles. The summed E-state index contributed by atoms with van der Waals surface area (Å²) in [4.78, 5) is 14.8. The predicted octanol–water partition coefficient (Wildman–Crippen LogP) is 3.64. The van der Waals surface area contributed by atoms with Crippen molar-refractivity contribution in [2.45, 2.75) is 64.8 Å². The third kappa shape index (κ3) is 5.46. The van der Waals surface area contributed by atoms with Crippen LogP contribution in [0.4, 0.5) is 0 Å². The SMILES string of the molecule is CC1CN(Cc2ccc(CNC(=O)Cc3ccc4c(c3)CCC4)cc2)CC(C)O1. The van der Waals surface area contributed by atoms with Crippen molar-refractivity contribution >= 4 is 5.91 Å². The van der Waals surface area contributed by atoms with Gasteiger partial charge in [-0.25, -0.2) is 0 Å². The fourth-order valence-corrected chi connectivity index (χ4v) is 4.62. The maximum atomic E-state index is 12.3. The van der Waals surface area contributed by atoms with E-state index in [0.29, 0.717) is 25.2 Å². The molecule has 0 bridgehead atoms. The van der Waals surface area contributed by atoms with Crippen molar-refractivity contribution in [3.63, 3.8) is 0 Å². The van der Waals surface area contributed by atoms with Crippen LogP contribution < -0.4 is 5.32 Å². The molecule has 1 amide bonds. The van der Waals surface area contributed by atoms with Gasteiger partial charge in [0.15, 0.2) is 0 Å². The number of nitrogens with one attached hydrogen (secondary N) is 1. The number of hydrogen-bond acceptors (Lipinski definition) is 3. The lowest BCUT2D eigenvalue weighted by Crippen LogP contribution is -2.44. The summed E-state index contributed by atoms with van der Waals surface area (Å²) in [7, 11) is 0. The lowest BCUT2D eigenvalue weighted by molar-refractivity contribution is -0.120. The number of aryl methyl sites for hydroxylation is 2. The van der Waals surface area contributed by atoms with Crippen LogP contribution in [0.3, 0.4) is 0 Å². The van der Waals surface area contributed by atoms with Crippen LogP contribution in [0.5, 0.6) is 0 Å². The number of nitrogens with zero attached hydrogens (tertiary/aromatic N) is 1. The second-order valence-corrected chi connectivity index (χ2v) is 8.68. The standard InChI is InChI=1S/C25H32N2O2/c1-18-15-27(16-19(2)29-18)17-21-8-6-20(7-9-21)14-26-25(28)13-22-10-11-23-4-3-5-24(23)12-22/h6-12,18-19H,3-5,13-17H2,1-2H3,(H,26,28). The molecule has 0 aromatic heterocycles. The van der Waals surface area contributed by atoms with Gasteiger partial charge in [-0.2, -0.15) is 0 Å². The number of benzene rings is 2. The topological polar surface area (TPSA) is 41.6 Å². The van der Waals surface area contributed by atoms with Crippen molar-refractivity contribution in [2.75, 3.05) is 13.1 Å². The number of fused-ring (bicyclic) bond motifs is 1. The van der Waals surface area contributed by atoms with E-state index < -0.39 is 0 Å². The smallest absolute Gasteiger partial charge is 0.224 e. The monoisotopic (exact) mass is 392 g/mol. The van der Waals surface area contributed by atoms with Gasteiger partial charge in [0.25, 0.3) is 0 Å². The maximum Gasteiger partial charge on any atom is 0.224 e. The van der Waals surface area contributed by atoms with Crippen LogP contribution in [-0.2, 0) is 41.9 Å². The van der Waals surface area contributed by atoms with E-state index in [1.165, 1.54) is 29.5 Å². The lowest BCUT2D eigenvalue weighted by Gasteiger charge is -2.35. The third-order valence-corrected chi connectivity index (χ3v) is 5.94. The van der Waals surface area contributed by atoms with E-state index >= 15 is 0 Å². The average molecular weight is 393 g/mol. The van der Waals surface area contributed by atoms with Crippen LogP contribution in [0.1, 0.15) is 48.1 Å². The van der Waals surface area contributed by atoms with Crippen LogP contribution >= 0.6 is 0 Å². The molecule has 0 radical (unpaired) electrons. The second-order valence-electron chi connectivity index (χ2n) is 8.68. The quantitative estimate of drug-likeness (QED) is 0.816. The van der Waals surface area contributed by atoms with E-state index in [1.807, 2.05) is 0 Å². The first kappa shape index (κ1) is 20.1. The Morgan fingerprint density at radius 1 is 0.966 bits per heavy atom. The van der Waals surface area contributed by atoms with Gasteiger partial charge < -0.3 is 10.1 Å². The van der Waals surface area contributed by atoms with E-state index in [0.717, 1.165) is 37.2 Å². The Morgan fingerprint density at radius 3 is 2.38 bits per heavy atom. The summed E-state index contributed by atoms with van der Waals surface area (Å²) < 4.78 is 5.81. The summed E-state index contributed by atoms with van der Waals surface area (Å²) in [6.07, 6.45) is 4.61. The van der Waals surface area contributed by atoms with Gasteiger partial charge in [0.05, 0.1) is 18.6 Å². The molecule has 1 heterocycles. The molecule has 154 valence electrons. The molecule has 1 aliphatic heterocycles. The maximum absolute atomic E-state index is 12.3. The molecule has 0 spiro atoms. The van der Waals surface area contributed by atoms with Gasteiger partial charge in [-0.3, -0.25) is 9.69 Å². The molecule has 0 saturated carbocycles. The minimum atomic E-state index is 0.0864.